The molecule has 43 heavy (non-hydrogen) atoms. The van der Waals surface area contributed by atoms with Crippen LogP contribution in [0.5, 0.6) is 5.75 Å². The molecule has 0 bridgehead atoms. The highest BCUT2D eigenvalue weighted by Gasteiger charge is 2.49. The lowest BCUT2D eigenvalue weighted by molar-refractivity contribution is -0.119. The van der Waals surface area contributed by atoms with Crippen LogP contribution in [0.4, 0.5) is 24.8 Å². The van der Waals surface area contributed by atoms with E-state index in [1.807, 2.05) is 0 Å². The molecule has 1 atom stereocenters. The Morgan fingerprint density at radius 2 is 1.81 bits per heavy atom. The minimum Gasteiger partial charge on any atom is -0.508 e. The Balaban J connectivity index is 1.39. The smallest absolute Gasteiger partial charge is 0.251 e. The van der Waals surface area contributed by atoms with E-state index in [-0.39, 0.29) is 55.0 Å². The molecule has 1 fully saturated rings. The van der Waals surface area contributed by atoms with Crippen LogP contribution in [0.15, 0.2) is 67.1 Å². The first-order valence-corrected chi connectivity index (χ1v) is 13.8. The molecule has 2 aromatic carbocycles. The monoisotopic (exact) mass is 585 g/mol. The Kier molecular flexibility index (Phi) is 6.12. The zero-order chi connectivity index (χ0) is 29.9. The first-order chi connectivity index (χ1) is 20.6. The number of halogens is 3. The number of carbonyl (C=O) groups excluding carboxylic acids is 1. The summed E-state index contributed by atoms with van der Waals surface area (Å²) in [5.74, 6) is -2.72. The van der Waals surface area contributed by atoms with Gasteiger partial charge in [-0.1, -0.05) is 24.3 Å². The number of carbonyl (C=O) groups is 1. The second kappa shape index (κ2) is 9.79. The van der Waals surface area contributed by atoms with E-state index in [4.69, 9.17) is 15.0 Å². The molecule has 1 saturated heterocycles. The van der Waals surface area contributed by atoms with Crippen molar-refractivity contribution in [2.24, 2.45) is 0 Å². The summed E-state index contributed by atoms with van der Waals surface area (Å²) in [5, 5.41) is 13.1. The van der Waals surface area contributed by atoms with Gasteiger partial charge < -0.3 is 19.7 Å². The minimum absolute atomic E-state index is 0.0109. The average Bonchev–Trinajstić information content (AvgIpc) is 3.56. The molecule has 5 heterocycles. The van der Waals surface area contributed by atoms with Gasteiger partial charge in [0.25, 0.3) is 5.92 Å². The first-order valence-electron chi connectivity index (χ1n) is 13.8. The van der Waals surface area contributed by atoms with E-state index < -0.39 is 11.3 Å². The van der Waals surface area contributed by atoms with Crippen LogP contribution in [-0.4, -0.2) is 54.4 Å². The number of phenols is 1. The number of phenolic OH excluding ortho intramolecular Hbond substituents is 1. The summed E-state index contributed by atoms with van der Waals surface area (Å²) >= 11 is 0. The number of nitrogens with one attached hydrogen (secondary N) is 1. The number of piperidine rings is 1. The third kappa shape index (κ3) is 4.62. The van der Waals surface area contributed by atoms with Crippen LogP contribution in [-0.2, 0) is 16.6 Å². The van der Waals surface area contributed by atoms with Crippen molar-refractivity contribution in [3.8, 4) is 17.3 Å². The molecule has 2 aliphatic heterocycles. The van der Waals surface area contributed by atoms with Crippen molar-refractivity contribution in [3.63, 3.8) is 0 Å². The number of rotatable bonds is 5. The summed E-state index contributed by atoms with van der Waals surface area (Å²) in [7, 11) is 0. The van der Waals surface area contributed by atoms with Gasteiger partial charge in [-0.25, -0.2) is 33.1 Å². The van der Waals surface area contributed by atoms with Gasteiger partial charge in [0.2, 0.25) is 5.91 Å². The number of nitrogens with zero attached hydrogens (tertiary/aromatic N) is 6. The molecule has 1 amide bonds. The summed E-state index contributed by atoms with van der Waals surface area (Å²) in [6, 6.07) is 12.5. The van der Waals surface area contributed by atoms with Crippen LogP contribution in [0.1, 0.15) is 42.1 Å². The lowest BCUT2D eigenvalue weighted by Crippen LogP contribution is -2.41. The first kappa shape index (κ1) is 26.9. The number of aromatic hydroxyl groups is 1. The topological polar surface area (TPSA) is 109 Å². The highest BCUT2D eigenvalue weighted by atomic mass is 19.3. The zero-order valence-electron chi connectivity index (χ0n) is 23.1. The highest BCUT2D eigenvalue weighted by Crippen LogP contribution is 2.48. The second-order valence-corrected chi connectivity index (χ2v) is 11.1. The molecule has 2 aliphatic rings. The molecule has 2 N–H and O–H groups in total. The van der Waals surface area contributed by atoms with Crippen molar-refractivity contribution in [3.05, 3.63) is 95.3 Å². The number of hydrogen-bond donors (Lipinski definition) is 2. The molecule has 0 aliphatic carbocycles. The van der Waals surface area contributed by atoms with E-state index in [0.717, 1.165) is 5.56 Å². The standard InChI is InChI=1S/C31H26F3N7O2/c1-30(19-3-2-4-21(42)16-19)24-26(39-29(30)43)37-25(38-28(24)40-12-9-31(33,34)10-13-40)23-17-41-14-11-35-27(41)22(36-23)15-18-5-7-20(32)8-6-18/h2-8,11,14,16-17,42H,9-10,12-13,15H2,1H3,(H,37,38,39,43)/t30-/m0/s1. The lowest BCUT2D eigenvalue weighted by Gasteiger charge is -2.35. The third-order valence-electron chi connectivity index (χ3n) is 8.25. The highest BCUT2D eigenvalue weighted by molar-refractivity contribution is 6.09. The molecule has 12 heteroatoms. The summed E-state index contributed by atoms with van der Waals surface area (Å²) in [5.41, 5.74) is 2.10. The van der Waals surface area contributed by atoms with Crippen LogP contribution < -0.4 is 10.2 Å². The molecule has 0 unspecified atom stereocenters. The predicted molar refractivity (Wildman–Crippen MR) is 153 cm³/mol. The third-order valence-corrected chi connectivity index (χ3v) is 8.25. The van der Waals surface area contributed by atoms with E-state index in [0.29, 0.717) is 40.4 Å². The van der Waals surface area contributed by atoms with E-state index in [1.54, 1.807) is 59.1 Å². The minimum atomic E-state index is -2.79. The number of alkyl halides is 2. The Labute approximate surface area is 244 Å². The van der Waals surface area contributed by atoms with Crippen molar-refractivity contribution in [2.75, 3.05) is 23.3 Å². The van der Waals surface area contributed by atoms with Gasteiger partial charge in [-0.2, -0.15) is 0 Å². The van der Waals surface area contributed by atoms with Crippen LogP contribution in [0.3, 0.4) is 0 Å². The van der Waals surface area contributed by atoms with E-state index >= 15 is 0 Å². The number of hydrogen-bond acceptors (Lipinski definition) is 7. The van der Waals surface area contributed by atoms with Crippen molar-refractivity contribution in [1.29, 1.82) is 0 Å². The summed E-state index contributed by atoms with van der Waals surface area (Å²) in [4.78, 5) is 34.3. The number of amides is 1. The molecule has 0 spiro atoms. The largest absolute Gasteiger partial charge is 0.508 e. The molecule has 3 aromatic heterocycles. The normalized spacial score (nSPS) is 19.4. The maximum atomic E-state index is 14.2. The quantitative estimate of drug-likeness (QED) is 0.295. The van der Waals surface area contributed by atoms with Gasteiger partial charge >= 0.3 is 0 Å². The number of benzene rings is 2. The summed E-state index contributed by atoms with van der Waals surface area (Å²) in [6.45, 7) is 1.78. The fraction of sp³-hybridized carbons (Fsp3) is 0.258. The molecule has 7 rings (SSSR count). The molecule has 0 saturated carbocycles. The molecular formula is C31H26F3N7O2. The van der Waals surface area contributed by atoms with Gasteiger partial charge in [0, 0.05) is 50.9 Å². The van der Waals surface area contributed by atoms with Gasteiger partial charge in [-0.3, -0.25) is 4.79 Å². The van der Waals surface area contributed by atoms with Crippen molar-refractivity contribution < 1.29 is 23.1 Å². The van der Waals surface area contributed by atoms with Gasteiger partial charge in [-0.05, 0) is 42.3 Å². The van der Waals surface area contributed by atoms with Gasteiger partial charge in [0.05, 0.1) is 11.3 Å². The Bertz CT molecular complexity index is 1880. The van der Waals surface area contributed by atoms with E-state index in [1.165, 1.54) is 24.3 Å². The molecule has 218 valence electrons. The number of imidazole rings is 1. The summed E-state index contributed by atoms with van der Waals surface area (Å²) in [6.07, 6.45) is 4.77. The fourth-order valence-corrected chi connectivity index (χ4v) is 5.85. The average molecular weight is 586 g/mol. The maximum absolute atomic E-state index is 14.2. The van der Waals surface area contributed by atoms with Crippen LogP contribution in [0, 0.1) is 5.82 Å². The van der Waals surface area contributed by atoms with Crippen LogP contribution in [0.2, 0.25) is 0 Å². The van der Waals surface area contributed by atoms with E-state index in [2.05, 4.69) is 10.3 Å². The number of fused-ring (bicyclic) bond motifs is 2. The van der Waals surface area contributed by atoms with Crippen LogP contribution in [0.25, 0.3) is 17.2 Å². The number of anilines is 2. The van der Waals surface area contributed by atoms with E-state index in [9.17, 15) is 23.1 Å². The molecule has 0 radical (unpaired) electrons. The van der Waals surface area contributed by atoms with Gasteiger partial charge in [0.1, 0.15) is 34.3 Å². The Morgan fingerprint density at radius 3 is 2.56 bits per heavy atom. The Morgan fingerprint density at radius 1 is 1.05 bits per heavy atom. The maximum Gasteiger partial charge on any atom is 0.251 e. The molecular weight excluding hydrogens is 559 g/mol. The molecule has 9 nitrogen and oxygen atoms in total. The second-order valence-electron chi connectivity index (χ2n) is 11.1. The Hall–Kier alpha value is -5.00. The predicted octanol–water partition coefficient (Wildman–Crippen LogP) is 5.12. The van der Waals surface area contributed by atoms with Crippen molar-refractivity contribution >= 4 is 23.2 Å². The van der Waals surface area contributed by atoms with Gasteiger partial charge in [0.15, 0.2) is 11.5 Å². The zero-order valence-corrected chi connectivity index (χ0v) is 23.1. The summed E-state index contributed by atoms with van der Waals surface area (Å²) < 4.78 is 43.7. The van der Waals surface area contributed by atoms with Crippen molar-refractivity contribution in [2.45, 2.75) is 37.5 Å². The SMILES string of the molecule is C[C@@]1(c2cccc(O)c2)C(=O)Nc2nc(-c3cn4ccnc4c(Cc4ccc(F)cc4)n3)nc(N3CCC(F)(F)CC3)c21. The van der Waals surface area contributed by atoms with Gasteiger partial charge in [-0.15, -0.1) is 0 Å². The van der Waals surface area contributed by atoms with Crippen LogP contribution >= 0.6 is 0 Å². The molecule has 5 aromatic rings. The van der Waals surface area contributed by atoms with Crippen molar-refractivity contribution in [1.82, 2.24) is 24.3 Å². The lowest BCUT2D eigenvalue weighted by atomic mass is 9.77. The fourth-order valence-electron chi connectivity index (χ4n) is 5.85. The number of aromatic nitrogens is 5.